The lowest BCUT2D eigenvalue weighted by Gasteiger charge is -2.21. The Morgan fingerprint density at radius 3 is 2.38 bits per heavy atom. The molecule has 0 atom stereocenters. The summed E-state index contributed by atoms with van der Waals surface area (Å²) in [6, 6.07) is 8.84. The van der Waals surface area contributed by atoms with Crippen LogP contribution in [0.15, 0.2) is 30.3 Å². The second kappa shape index (κ2) is 9.08. The molecule has 1 N–H and O–H groups in total. The second-order valence-corrected chi connectivity index (χ2v) is 6.27. The fourth-order valence-corrected chi connectivity index (χ4v) is 2.70. The lowest BCUT2D eigenvalue weighted by atomic mass is 10.1. The fourth-order valence-electron chi connectivity index (χ4n) is 2.70. The van der Waals surface area contributed by atoms with Gasteiger partial charge in [0.1, 0.15) is 5.69 Å². The number of benzene rings is 1. The van der Waals surface area contributed by atoms with Crippen molar-refractivity contribution in [3.63, 3.8) is 0 Å². The number of amides is 1. The van der Waals surface area contributed by atoms with Crippen LogP contribution in [0, 0.1) is 6.92 Å². The largest absolute Gasteiger partial charge is 0.337 e. The van der Waals surface area contributed by atoms with E-state index in [9.17, 15) is 9.59 Å². The Balaban J connectivity index is 2.27. The normalized spacial score (nSPS) is 10.5. The van der Waals surface area contributed by atoms with E-state index in [4.69, 9.17) is 0 Å². The zero-order valence-corrected chi connectivity index (χ0v) is 15.9. The Bertz CT molecular complexity index is 783. The average Bonchev–Trinajstić information content (AvgIpc) is 2.60. The molecule has 0 unspecified atom stereocenters. The van der Waals surface area contributed by atoms with Gasteiger partial charge >= 0.3 is 0 Å². The summed E-state index contributed by atoms with van der Waals surface area (Å²) in [5, 5.41) is 3.09. The van der Waals surface area contributed by atoms with E-state index in [1.807, 2.05) is 17.9 Å². The third kappa shape index (κ3) is 5.12. The molecule has 6 heteroatoms. The van der Waals surface area contributed by atoms with Gasteiger partial charge in [0.2, 0.25) is 5.95 Å². The van der Waals surface area contributed by atoms with Gasteiger partial charge in [-0.15, -0.1) is 0 Å². The zero-order chi connectivity index (χ0) is 19.1. The van der Waals surface area contributed by atoms with Crippen LogP contribution >= 0.6 is 0 Å². The van der Waals surface area contributed by atoms with E-state index in [1.165, 1.54) is 6.92 Å². The molecule has 2 aromatic rings. The number of ketones is 1. The van der Waals surface area contributed by atoms with Gasteiger partial charge in [-0.3, -0.25) is 9.59 Å². The zero-order valence-electron chi connectivity index (χ0n) is 15.9. The number of carbonyl (C=O) groups is 2. The van der Waals surface area contributed by atoms with Crippen molar-refractivity contribution in [2.75, 3.05) is 18.4 Å². The molecule has 1 aromatic carbocycles. The van der Waals surface area contributed by atoms with Gasteiger partial charge in [0, 0.05) is 30.0 Å². The minimum atomic E-state index is -0.0836. The molecule has 0 aliphatic rings. The van der Waals surface area contributed by atoms with Gasteiger partial charge in [-0.1, -0.05) is 26.0 Å². The van der Waals surface area contributed by atoms with Gasteiger partial charge in [0.05, 0.1) is 0 Å². The van der Waals surface area contributed by atoms with Crippen LogP contribution in [-0.2, 0) is 0 Å². The standard InChI is InChI=1S/C20H26N4O2/c1-5-10-24(11-6-2)19(26)18-12-14(3)21-20(23-18)22-17-9-7-8-16(13-17)15(4)25/h7-9,12-13H,5-6,10-11H2,1-4H3,(H,21,22,23). The van der Waals surface area contributed by atoms with E-state index in [0.29, 0.717) is 41.7 Å². The average molecular weight is 354 g/mol. The van der Waals surface area contributed by atoms with Crippen LogP contribution in [0.5, 0.6) is 0 Å². The maximum absolute atomic E-state index is 12.8. The maximum Gasteiger partial charge on any atom is 0.272 e. The number of hydrogen-bond donors (Lipinski definition) is 1. The molecular formula is C20H26N4O2. The van der Waals surface area contributed by atoms with Crippen LogP contribution in [0.2, 0.25) is 0 Å². The van der Waals surface area contributed by atoms with Crippen molar-refractivity contribution in [3.05, 3.63) is 47.3 Å². The van der Waals surface area contributed by atoms with Crippen molar-refractivity contribution >= 4 is 23.3 Å². The van der Waals surface area contributed by atoms with Crippen molar-refractivity contribution in [1.82, 2.24) is 14.9 Å². The molecular weight excluding hydrogens is 328 g/mol. The number of anilines is 2. The van der Waals surface area contributed by atoms with Crippen LogP contribution in [0.3, 0.4) is 0 Å². The third-order valence-corrected chi connectivity index (χ3v) is 3.87. The summed E-state index contributed by atoms with van der Waals surface area (Å²) in [4.78, 5) is 34.9. The molecule has 0 saturated carbocycles. The highest BCUT2D eigenvalue weighted by molar-refractivity contribution is 5.95. The number of nitrogens with zero attached hydrogens (tertiary/aromatic N) is 3. The number of nitrogens with one attached hydrogen (secondary N) is 1. The van der Waals surface area contributed by atoms with E-state index in [2.05, 4.69) is 29.1 Å². The van der Waals surface area contributed by atoms with Crippen molar-refractivity contribution in [2.24, 2.45) is 0 Å². The number of rotatable bonds is 8. The molecule has 2 rings (SSSR count). The maximum atomic E-state index is 12.8. The highest BCUT2D eigenvalue weighted by Gasteiger charge is 2.17. The molecule has 0 saturated heterocycles. The van der Waals surface area contributed by atoms with Crippen molar-refractivity contribution in [3.8, 4) is 0 Å². The Morgan fingerprint density at radius 2 is 1.77 bits per heavy atom. The Kier molecular flexibility index (Phi) is 6.83. The van der Waals surface area contributed by atoms with E-state index in [-0.39, 0.29) is 11.7 Å². The SMILES string of the molecule is CCCN(CCC)C(=O)c1cc(C)nc(Nc2cccc(C(C)=O)c2)n1. The van der Waals surface area contributed by atoms with Gasteiger partial charge in [-0.05, 0) is 44.9 Å². The summed E-state index contributed by atoms with van der Waals surface area (Å²) in [6.45, 7) is 8.87. The van der Waals surface area contributed by atoms with Crippen LogP contribution in [0.25, 0.3) is 0 Å². The minimum absolute atomic E-state index is 0.00977. The van der Waals surface area contributed by atoms with E-state index >= 15 is 0 Å². The number of carbonyl (C=O) groups excluding carboxylic acids is 2. The molecule has 6 nitrogen and oxygen atoms in total. The molecule has 26 heavy (non-hydrogen) atoms. The summed E-state index contributed by atoms with van der Waals surface area (Å²) in [5.74, 6) is 0.256. The van der Waals surface area contributed by atoms with Gasteiger partial charge in [-0.2, -0.15) is 0 Å². The van der Waals surface area contributed by atoms with E-state index in [1.54, 1.807) is 24.3 Å². The molecule has 0 fully saturated rings. The second-order valence-electron chi connectivity index (χ2n) is 6.27. The smallest absolute Gasteiger partial charge is 0.272 e. The number of aromatic nitrogens is 2. The molecule has 138 valence electrons. The van der Waals surface area contributed by atoms with E-state index in [0.717, 1.165) is 12.8 Å². The molecule has 0 aliphatic heterocycles. The third-order valence-electron chi connectivity index (χ3n) is 3.87. The van der Waals surface area contributed by atoms with Gasteiger partial charge in [0.25, 0.3) is 5.91 Å². The first-order valence-electron chi connectivity index (χ1n) is 8.97. The van der Waals surface area contributed by atoms with Crippen LogP contribution in [0.1, 0.15) is 60.2 Å². The predicted octanol–water partition coefficient (Wildman–Crippen LogP) is 3.99. The monoisotopic (exact) mass is 354 g/mol. The Morgan fingerprint density at radius 1 is 1.08 bits per heavy atom. The molecule has 1 heterocycles. The molecule has 0 bridgehead atoms. The first-order valence-corrected chi connectivity index (χ1v) is 8.97. The summed E-state index contributed by atoms with van der Waals surface area (Å²) < 4.78 is 0. The van der Waals surface area contributed by atoms with Crippen molar-refractivity contribution < 1.29 is 9.59 Å². The number of aryl methyl sites for hydroxylation is 1. The molecule has 0 radical (unpaired) electrons. The molecule has 0 aliphatic carbocycles. The molecule has 1 amide bonds. The summed E-state index contributed by atoms with van der Waals surface area (Å²) in [6.07, 6.45) is 1.80. The van der Waals surface area contributed by atoms with Crippen LogP contribution in [-0.4, -0.2) is 39.6 Å². The topological polar surface area (TPSA) is 75.2 Å². The summed E-state index contributed by atoms with van der Waals surface area (Å²) in [7, 11) is 0. The lowest BCUT2D eigenvalue weighted by molar-refractivity contribution is 0.0749. The van der Waals surface area contributed by atoms with Crippen molar-refractivity contribution in [1.29, 1.82) is 0 Å². The van der Waals surface area contributed by atoms with Crippen LogP contribution < -0.4 is 5.32 Å². The Hall–Kier alpha value is -2.76. The predicted molar refractivity (Wildman–Crippen MR) is 103 cm³/mol. The lowest BCUT2D eigenvalue weighted by Crippen LogP contribution is -2.33. The van der Waals surface area contributed by atoms with Crippen LogP contribution in [0.4, 0.5) is 11.6 Å². The molecule has 1 aromatic heterocycles. The number of hydrogen-bond acceptors (Lipinski definition) is 5. The van der Waals surface area contributed by atoms with Gasteiger partial charge < -0.3 is 10.2 Å². The van der Waals surface area contributed by atoms with Crippen molar-refractivity contribution in [2.45, 2.75) is 40.5 Å². The summed E-state index contributed by atoms with van der Waals surface area (Å²) >= 11 is 0. The van der Waals surface area contributed by atoms with E-state index < -0.39 is 0 Å². The van der Waals surface area contributed by atoms with Gasteiger partial charge in [-0.25, -0.2) is 9.97 Å². The highest BCUT2D eigenvalue weighted by Crippen LogP contribution is 2.17. The molecule has 0 spiro atoms. The minimum Gasteiger partial charge on any atom is -0.337 e. The first-order chi connectivity index (χ1) is 12.4. The fraction of sp³-hybridized carbons (Fsp3) is 0.400. The number of Topliss-reactive ketones (excluding diaryl/α,β-unsaturated/α-hetero) is 1. The quantitative estimate of drug-likeness (QED) is 0.725. The Labute approximate surface area is 154 Å². The first kappa shape index (κ1) is 19.6. The highest BCUT2D eigenvalue weighted by atomic mass is 16.2. The summed E-state index contributed by atoms with van der Waals surface area (Å²) in [5.41, 5.74) is 2.41. The van der Waals surface area contributed by atoms with Gasteiger partial charge in [0.15, 0.2) is 5.78 Å².